The molecule has 25 heavy (non-hydrogen) atoms. The summed E-state index contributed by atoms with van der Waals surface area (Å²) in [6.45, 7) is 3.35. The van der Waals surface area contributed by atoms with Crippen molar-refractivity contribution < 1.29 is 4.79 Å². The van der Waals surface area contributed by atoms with Gasteiger partial charge in [0.25, 0.3) is 0 Å². The number of nitrogens with zero attached hydrogens (tertiary/aromatic N) is 2. The highest BCUT2D eigenvalue weighted by molar-refractivity contribution is 5.87. The number of carbonyl (C=O) groups is 1. The molecule has 0 unspecified atom stereocenters. The number of carbonyl (C=O) groups excluding carboxylic acids is 1. The zero-order valence-corrected chi connectivity index (χ0v) is 14.9. The summed E-state index contributed by atoms with van der Waals surface area (Å²) in [5.74, 6) is 0.837. The number of rotatable bonds is 8. The van der Waals surface area contributed by atoms with Crippen molar-refractivity contribution in [3.8, 4) is 0 Å². The number of aromatic nitrogens is 1. The average molecular weight is 339 g/mol. The Balaban J connectivity index is 1.24. The Morgan fingerprint density at radius 1 is 1.24 bits per heavy atom. The van der Waals surface area contributed by atoms with E-state index in [2.05, 4.69) is 15.2 Å². The molecule has 1 saturated heterocycles. The molecule has 0 aromatic carbocycles. The zero-order chi connectivity index (χ0) is 17.3. The van der Waals surface area contributed by atoms with Crippen LogP contribution < -0.4 is 5.32 Å². The maximum Gasteiger partial charge on any atom is 0.243 e. The molecule has 1 aliphatic heterocycles. The van der Waals surface area contributed by atoms with Gasteiger partial charge in [-0.1, -0.05) is 24.3 Å². The van der Waals surface area contributed by atoms with Crippen LogP contribution in [-0.2, 0) is 4.79 Å². The van der Waals surface area contributed by atoms with Gasteiger partial charge in [0.05, 0.1) is 0 Å². The van der Waals surface area contributed by atoms with Crippen molar-refractivity contribution in [1.82, 2.24) is 15.2 Å². The predicted octanol–water partition coefficient (Wildman–Crippen LogP) is 3.42. The lowest BCUT2D eigenvalue weighted by Gasteiger charge is -2.32. The van der Waals surface area contributed by atoms with Crippen LogP contribution in [-0.4, -0.2) is 41.5 Å². The highest BCUT2D eigenvalue weighted by Gasteiger charge is 2.31. The first-order valence-electron chi connectivity index (χ1n) is 9.58. The van der Waals surface area contributed by atoms with Gasteiger partial charge in [0, 0.05) is 31.1 Å². The van der Waals surface area contributed by atoms with Gasteiger partial charge in [-0.2, -0.15) is 0 Å². The van der Waals surface area contributed by atoms with Gasteiger partial charge in [-0.15, -0.1) is 0 Å². The first-order valence-corrected chi connectivity index (χ1v) is 9.58. The lowest BCUT2D eigenvalue weighted by atomic mass is 9.92. The third kappa shape index (κ3) is 6.46. The molecule has 0 bridgehead atoms. The van der Waals surface area contributed by atoms with Gasteiger partial charge < -0.3 is 10.2 Å². The predicted molar refractivity (Wildman–Crippen MR) is 102 cm³/mol. The molecule has 1 amide bonds. The summed E-state index contributed by atoms with van der Waals surface area (Å²) < 4.78 is 0. The van der Waals surface area contributed by atoms with Crippen molar-refractivity contribution in [1.29, 1.82) is 0 Å². The zero-order valence-electron chi connectivity index (χ0n) is 14.9. The average Bonchev–Trinajstić information content (AvgIpc) is 3.49. The van der Waals surface area contributed by atoms with Gasteiger partial charge in [-0.05, 0) is 69.2 Å². The maximum atomic E-state index is 11.8. The van der Waals surface area contributed by atoms with E-state index in [1.807, 2.05) is 24.3 Å². The quantitative estimate of drug-likeness (QED) is 0.448. The fraction of sp³-hybridized carbons (Fsp3) is 0.524. The Morgan fingerprint density at radius 3 is 2.80 bits per heavy atom. The first kappa shape index (κ1) is 17.9. The van der Waals surface area contributed by atoms with Crippen LogP contribution in [0, 0.1) is 5.92 Å². The molecule has 2 heterocycles. The summed E-state index contributed by atoms with van der Waals surface area (Å²) in [4.78, 5) is 18.5. The van der Waals surface area contributed by atoms with E-state index < -0.39 is 0 Å². The molecule has 0 atom stereocenters. The molecule has 0 spiro atoms. The highest BCUT2D eigenvalue weighted by atomic mass is 16.1. The molecule has 4 heteroatoms. The van der Waals surface area contributed by atoms with Crippen LogP contribution in [0.5, 0.6) is 0 Å². The number of allylic oxidation sites excluding steroid dienone is 2. The molecular weight excluding hydrogens is 310 g/mol. The summed E-state index contributed by atoms with van der Waals surface area (Å²) in [6.07, 6.45) is 18.5. The summed E-state index contributed by atoms with van der Waals surface area (Å²) in [5, 5.41) is 2.98. The lowest BCUT2D eigenvalue weighted by Crippen LogP contribution is -2.35. The number of hydrogen-bond acceptors (Lipinski definition) is 3. The molecule has 1 aromatic rings. The van der Waals surface area contributed by atoms with E-state index in [-0.39, 0.29) is 5.91 Å². The van der Waals surface area contributed by atoms with E-state index in [1.54, 1.807) is 24.5 Å². The molecular formula is C21H29N3O. The summed E-state index contributed by atoms with van der Waals surface area (Å²) in [7, 11) is 0. The minimum atomic E-state index is -0.0145. The SMILES string of the molecule is O=C(/C=C/C=C/c1cccnc1)NCCCC1CCN(C2CC2)CC1. The Labute approximate surface area is 151 Å². The maximum absolute atomic E-state index is 11.8. The normalized spacial score (nSPS) is 19.7. The Bertz CT molecular complexity index is 584. The minimum absolute atomic E-state index is 0.0145. The second-order valence-corrected chi connectivity index (χ2v) is 7.15. The number of hydrogen-bond donors (Lipinski definition) is 1. The largest absolute Gasteiger partial charge is 0.353 e. The number of piperidine rings is 1. The fourth-order valence-electron chi connectivity index (χ4n) is 3.49. The molecule has 4 nitrogen and oxygen atoms in total. The smallest absolute Gasteiger partial charge is 0.243 e. The highest BCUT2D eigenvalue weighted by Crippen LogP contribution is 2.31. The van der Waals surface area contributed by atoms with Crippen LogP contribution in [0.1, 0.15) is 44.1 Å². The molecule has 3 rings (SSSR count). The van der Waals surface area contributed by atoms with Gasteiger partial charge in [0.15, 0.2) is 0 Å². The second-order valence-electron chi connectivity index (χ2n) is 7.15. The molecule has 1 aliphatic carbocycles. The van der Waals surface area contributed by atoms with E-state index in [9.17, 15) is 4.79 Å². The van der Waals surface area contributed by atoms with Gasteiger partial charge in [-0.3, -0.25) is 9.78 Å². The van der Waals surface area contributed by atoms with Crippen molar-refractivity contribution in [2.45, 2.75) is 44.6 Å². The van der Waals surface area contributed by atoms with Crippen molar-refractivity contribution in [3.05, 3.63) is 48.3 Å². The Kier molecular flexibility index (Phi) is 6.80. The van der Waals surface area contributed by atoms with Crippen molar-refractivity contribution in [2.24, 2.45) is 5.92 Å². The van der Waals surface area contributed by atoms with Crippen LogP contribution in [0.15, 0.2) is 42.8 Å². The second kappa shape index (κ2) is 9.52. The molecule has 0 radical (unpaired) electrons. The van der Waals surface area contributed by atoms with Gasteiger partial charge in [0.2, 0.25) is 5.91 Å². The van der Waals surface area contributed by atoms with Crippen LogP contribution in [0.4, 0.5) is 0 Å². The van der Waals surface area contributed by atoms with E-state index in [0.717, 1.165) is 30.5 Å². The molecule has 2 aliphatic rings. The number of likely N-dealkylation sites (tertiary alicyclic amines) is 1. The van der Waals surface area contributed by atoms with Crippen molar-refractivity contribution in [2.75, 3.05) is 19.6 Å². The molecule has 1 saturated carbocycles. The number of pyridine rings is 1. The monoisotopic (exact) mass is 339 g/mol. The van der Waals surface area contributed by atoms with Crippen LogP contribution in [0.3, 0.4) is 0 Å². The van der Waals surface area contributed by atoms with Gasteiger partial charge >= 0.3 is 0 Å². The number of amides is 1. The fourth-order valence-corrected chi connectivity index (χ4v) is 3.49. The van der Waals surface area contributed by atoms with Crippen LogP contribution >= 0.6 is 0 Å². The molecule has 134 valence electrons. The van der Waals surface area contributed by atoms with Crippen molar-refractivity contribution >= 4 is 12.0 Å². The standard InChI is InChI=1S/C21H29N3O/c25-21(8-2-1-5-19-7-3-13-22-17-19)23-14-4-6-18-11-15-24(16-12-18)20-9-10-20/h1-3,5,7-8,13,17-18,20H,4,6,9-12,14-16H2,(H,23,25)/b5-1+,8-2+. The van der Waals surface area contributed by atoms with E-state index in [0.29, 0.717) is 0 Å². The summed E-state index contributed by atoms with van der Waals surface area (Å²) in [6, 6.07) is 4.79. The summed E-state index contributed by atoms with van der Waals surface area (Å²) >= 11 is 0. The number of nitrogens with one attached hydrogen (secondary N) is 1. The van der Waals surface area contributed by atoms with Crippen molar-refractivity contribution in [3.63, 3.8) is 0 Å². The Morgan fingerprint density at radius 2 is 2.08 bits per heavy atom. The summed E-state index contributed by atoms with van der Waals surface area (Å²) in [5.41, 5.74) is 1.03. The van der Waals surface area contributed by atoms with Crippen LogP contribution in [0.2, 0.25) is 0 Å². The molecule has 2 fully saturated rings. The van der Waals surface area contributed by atoms with E-state index in [1.165, 1.54) is 45.2 Å². The Hall–Kier alpha value is -1.94. The topological polar surface area (TPSA) is 45.2 Å². The van der Waals surface area contributed by atoms with E-state index in [4.69, 9.17) is 0 Å². The lowest BCUT2D eigenvalue weighted by molar-refractivity contribution is -0.116. The third-order valence-electron chi connectivity index (χ3n) is 5.13. The molecule has 1 aromatic heterocycles. The molecule has 1 N–H and O–H groups in total. The van der Waals surface area contributed by atoms with Crippen LogP contribution in [0.25, 0.3) is 6.08 Å². The minimum Gasteiger partial charge on any atom is -0.353 e. The first-order chi connectivity index (χ1) is 12.3. The van der Waals surface area contributed by atoms with E-state index >= 15 is 0 Å². The third-order valence-corrected chi connectivity index (χ3v) is 5.13. The van der Waals surface area contributed by atoms with Gasteiger partial charge in [-0.25, -0.2) is 0 Å². The van der Waals surface area contributed by atoms with Gasteiger partial charge in [0.1, 0.15) is 0 Å².